The molecule has 0 atom stereocenters. The van der Waals surface area contributed by atoms with E-state index in [-0.39, 0.29) is 37.1 Å². The monoisotopic (exact) mass is 157 g/mol. The third-order valence-electron chi connectivity index (χ3n) is 0.116. The molecule has 0 saturated carbocycles. The molecule has 0 aliphatic heterocycles. The molecule has 0 aromatic carbocycles. The predicted octanol–water partition coefficient (Wildman–Crippen LogP) is -1.39. The van der Waals surface area contributed by atoms with Crippen LogP contribution in [0.15, 0.2) is 0 Å². The van der Waals surface area contributed by atoms with Gasteiger partial charge in [-0.05, 0) is 0 Å². The standard InChI is InChI=1S/C2N2S2.H3N.Na.H/c3-1-5-6-2-4;;;/h;1H3;;/q;;+1;-1. The number of hydrogen-bond acceptors (Lipinski definition) is 5. The number of nitriles is 2. The van der Waals surface area contributed by atoms with Gasteiger partial charge in [0, 0.05) is 21.6 Å². The topological polar surface area (TPSA) is 82.6 Å². The summed E-state index contributed by atoms with van der Waals surface area (Å²) in [4.78, 5) is 0. The van der Waals surface area contributed by atoms with E-state index >= 15 is 0 Å². The number of nitrogens with zero attached hydrogens (tertiary/aromatic N) is 2. The minimum absolute atomic E-state index is 0. The second-order valence-electron chi connectivity index (χ2n) is 0.349. The van der Waals surface area contributed by atoms with Gasteiger partial charge in [-0.3, -0.25) is 0 Å². The Morgan fingerprint density at radius 3 is 1.50 bits per heavy atom. The van der Waals surface area contributed by atoms with Gasteiger partial charge in [0.2, 0.25) is 0 Å². The van der Waals surface area contributed by atoms with Gasteiger partial charge in [-0.25, -0.2) is 0 Å². The van der Waals surface area contributed by atoms with Gasteiger partial charge in [-0.15, -0.1) is 0 Å². The Kier molecular flexibility index (Phi) is 31.0. The van der Waals surface area contributed by atoms with Crippen molar-refractivity contribution < 1.29 is 31.0 Å². The first kappa shape index (κ1) is 15.9. The van der Waals surface area contributed by atoms with E-state index in [1.807, 2.05) is 0 Å². The molecule has 0 aromatic rings. The van der Waals surface area contributed by atoms with E-state index in [2.05, 4.69) is 0 Å². The number of rotatable bonds is 1. The van der Waals surface area contributed by atoms with Crippen LogP contribution in [0, 0.1) is 21.3 Å². The van der Waals surface area contributed by atoms with Gasteiger partial charge in [0.25, 0.3) is 0 Å². The van der Waals surface area contributed by atoms with Crippen molar-refractivity contribution >= 4 is 21.6 Å². The Hall–Kier alpha value is 0.640. The molecule has 0 aromatic heterocycles. The number of thiocyanates is 2. The van der Waals surface area contributed by atoms with Crippen molar-refractivity contribution in [2.45, 2.75) is 0 Å². The van der Waals surface area contributed by atoms with E-state index in [4.69, 9.17) is 10.5 Å². The smallest absolute Gasteiger partial charge is 1.00 e. The van der Waals surface area contributed by atoms with Gasteiger partial charge < -0.3 is 7.58 Å². The summed E-state index contributed by atoms with van der Waals surface area (Å²) in [5.41, 5.74) is 0. The van der Waals surface area contributed by atoms with Crippen LogP contribution >= 0.6 is 21.6 Å². The van der Waals surface area contributed by atoms with Crippen LogP contribution in [0.1, 0.15) is 1.43 Å². The zero-order chi connectivity index (χ0) is 4.83. The summed E-state index contributed by atoms with van der Waals surface area (Å²) in [5, 5.41) is 18.9. The Morgan fingerprint density at radius 2 is 1.38 bits per heavy atom. The van der Waals surface area contributed by atoms with Crippen LogP contribution in [0.2, 0.25) is 0 Å². The maximum Gasteiger partial charge on any atom is 1.00 e. The molecular weight excluding hydrogens is 153 g/mol. The molecule has 0 saturated heterocycles. The zero-order valence-corrected chi connectivity index (χ0v) is 8.05. The van der Waals surface area contributed by atoms with Crippen molar-refractivity contribution in [3.05, 3.63) is 0 Å². The molecule has 0 bridgehead atoms. The van der Waals surface area contributed by atoms with Gasteiger partial charge >= 0.3 is 29.6 Å². The van der Waals surface area contributed by atoms with Crippen molar-refractivity contribution in [2.75, 3.05) is 0 Å². The Labute approximate surface area is 79.6 Å². The van der Waals surface area contributed by atoms with Crippen molar-refractivity contribution in [2.24, 2.45) is 0 Å². The summed E-state index contributed by atoms with van der Waals surface area (Å²) in [6.07, 6.45) is 0. The van der Waals surface area contributed by atoms with Gasteiger partial charge in [-0.2, -0.15) is 10.5 Å². The molecule has 3 nitrogen and oxygen atoms in total. The third kappa shape index (κ3) is 15.9. The van der Waals surface area contributed by atoms with E-state index in [1.165, 1.54) is 0 Å². The van der Waals surface area contributed by atoms with Crippen LogP contribution in [0.3, 0.4) is 0 Å². The first-order valence-electron chi connectivity index (χ1n) is 1.02. The summed E-state index contributed by atoms with van der Waals surface area (Å²) in [7, 11) is 1.74. The molecule has 0 fully saturated rings. The average molecular weight is 157 g/mol. The van der Waals surface area contributed by atoms with Gasteiger partial charge in [0.05, 0.1) is 0 Å². The van der Waals surface area contributed by atoms with Crippen molar-refractivity contribution in [3.8, 4) is 10.8 Å². The molecule has 0 spiro atoms. The first-order valence-corrected chi connectivity index (χ1v) is 3.17. The molecule has 0 unspecified atom stereocenters. The van der Waals surface area contributed by atoms with E-state index in [0.29, 0.717) is 0 Å². The fourth-order valence-corrected chi connectivity index (χ4v) is 0.335. The normalized spacial score (nSPS) is 4.25. The Bertz CT molecular complexity index is 93.4. The molecule has 0 amide bonds. The summed E-state index contributed by atoms with van der Waals surface area (Å²) < 4.78 is 0. The van der Waals surface area contributed by atoms with Gasteiger partial charge in [0.15, 0.2) is 0 Å². The van der Waals surface area contributed by atoms with E-state index < -0.39 is 0 Å². The molecule has 40 valence electrons. The van der Waals surface area contributed by atoms with Gasteiger partial charge in [-0.1, -0.05) is 0 Å². The van der Waals surface area contributed by atoms with Crippen molar-refractivity contribution in [3.63, 3.8) is 0 Å². The maximum atomic E-state index is 7.74. The second kappa shape index (κ2) is 15.6. The van der Waals surface area contributed by atoms with E-state index in [9.17, 15) is 0 Å². The van der Waals surface area contributed by atoms with Crippen LogP contribution in [0.4, 0.5) is 0 Å². The van der Waals surface area contributed by atoms with Crippen molar-refractivity contribution in [1.29, 1.82) is 10.5 Å². The zero-order valence-electron chi connectivity index (χ0n) is 5.42. The minimum Gasteiger partial charge on any atom is -1.00 e. The summed E-state index contributed by atoms with van der Waals surface area (Å²) >= 11 is 0. The third-order valence-corrected chi connectivity index (χ3v) is 1.05. The van der Waals surface area contributed by atoms with Crippen molar-refractivity contribution in [1.82, 2.24) is 6.15 Å². The molecule has 0 aliphatic carbocycles. The predicted molar refractivity (Wildman–Crippen MR) is 32.5 cm³/mol. The average Bonchev–Trinajstić information content (AvgIpc) is 1.61. The SMILES string of the molecule is N.N#CSSC#N.[H-].[Na+]. The Balaban J connectivity index is -0.0000000417. The molecule has 0 aliphatic rings. The van der Waals surface area contributed by atoms with Crippen LogP contribution in [0.25, 0.3) is 0 Å². The molecule has 3 N–H and O–H groups in total. The molecule has 0 radical (unpaired) electrons. The van der Waals surface area contributed by atoms with E-state index in [0.717, 1.165) is 21.6 Å². The largest absolute Gasteiger partial charge is 1.00 e. The fourth-order valence-electron chi connectivity index (χ4n) is 0.0373. The summed E-state index contributed by atoms with van der Waals surface area (Å²) in [6, 6.07) is 0. The number of hydrogen-bond donors (Lipinski definition) is 1. The first-order chi connectivity index (χ1) is 2.91. The molecule has 8 heavy (non-hydrogen) atoms. The minimum atomic E-state index is 0. The molecule has 6 heteroatoms. The van der Waals surface area contributed by atoms with Crippen LogP contribution in [-0.2, 0) is 0 Å². The Morgan fingerprint density at radius 1 is 1.12 bits per heavy atom. The quantitative estimate of drug-likeness (QED) is 0.219. The summed E-state index contributed by atoms with van der Waals surface area (Å²) in [6.45, 7) is 0. The fraction of sp³-hybridized carbons (Fsp3) is 0. The van der Waals surface area contributed by atoms with Crippen LogP contribution < -0.4 is 35.7 Å². The van der Waals surface area contributed by atoms with Crippen LogP contribution in [-0.4, -0.2) is 0 Å². The second-order valence-corrected chi connectivity index (χ2v) is 2.05. The van der Waals surface area contributed by atoms with Crippen LogP contribution in [0.5, 0.6) is 0 Å². The van der Waals surface area contributed by atoms with E-state index in [1.54, 1.807) is 10.8 Å². The molecule has 0 rings (SSSR count). The molecular formula is C2H4N3NaS2. The maximum absolute atomic E-state index is 7.74. The summed E-state index contributed by atoms with van der Waals surface area (Å²) in [5.74, 6) is 0. The van der Waals surface area contributed by atoms with Gasteiger partial charge in [0.1, 0.15) is 10.8 Å². The molecule has 0 heterocycles.